The second kappa shape index (κ2) is 4.87. The van der Waals surface area contributed by atoms with Crippen LogP contribution in [0, 0.1) is 6.92 Å². The van der Waals surface area contributed by atoms with Gasteiger partial charge in [-0.3, -0.25) is 0 Å². The number of rotatable bonds is 2. The van der Waals surface area contributed by atoms with Gasteiger partial charge in [0.2, 0.25) is 0 Å². The third kappa shape index (κ3) is 2.16. The van der Waals surface area contributed by atoms with Crippen LogP contribution in [-0.2, 0) is 5.41 Å². The van der Waals surface area contributed by atoms with Crippen LogP contribution in [0.15, 0.2) is 12.1 Å². The van der Waals surface area contributed by atoms with Gasteiger partial charge in [0.05, 0.1) is 0 Å². The summed E-state index contributed by atoms with van der Waals surface area (Å²) in [5, 5.41) is 10.9. The molecule has 0 aromatic heterocycles. The van der Waals surface area contributed by atoms with Gasteiger partial charge < -0.3 is 10.8 Å². The molecule has 0 unspecified atom stereocenters. The van der Waals surface area contributed by atoms with E-state index in [1.54, 1.807) is 0 Å². The second-order valence-electron chi connectivity index (χ2n) is 5.13. The zero-order valence-electron chi connectivity index (χ0n) is 10.3. The van der Waals surface area contributed by atoms with Crippen molar-refractivity contribution in [1.29, 1.82) is 0 Å². The van der Waals surface area contributed by atoms with E-state index in [0.717, 1.165) is 24.0 Å². The van der Waals surface area contributed by atoms with Crippen molar-refractivity contribution in [3.63, 3.8) is 0 Å². The minimum Gasteiger partial charge on any atom is -0.507 e. The molecule has 1 aliphatic carbocycles. The van der Waals surface area contributed by atoms with Gasteiger partial charge in [0.25, 0.3) is 0 Å². The van der Waals surface area contributed by atoms with Gasteiger partial charge in [0.15, 0.2) is 0 Å². The standard InChI is InChI=1S/C14H20ClNO/c1-10-5-6-11(15)12(13(10)17)14(9-16)7-3-2-4-8-14/h5-6,17H,2-4,7-9,16H2,1H3. The minimum atomic E-state index is -0.120. The Kier molecular flexibility index (Phi) is 3.64. The van der Waals surface area contributed by atoms with Crippen molar-refractivity contribution < 1.29 is 5.11 Å². The maximum Gasteiger partial charge on any atom is 0.123 e. The Hall–Kier alpha value is -0.730. The summed E-state index contributed by atoms with van der Waals surface area (Å²) in [7, 11) is 0. The maximum atomic E-state index is 10.3. The Bertz CT molecular complexity index is 411. The molecule has 1 aromatic rings. The quantitative estimate of drug-likeness (QED) is 0.847. The monoisotopic (exact) mass is 253 g/mol. The van der Waals surface area contributed by atoms with Crippen LogP contribution in [0.3, 0.4) is 0 Å². The molecule has 1 saturated carbocycles. The fraction of sp³-hybridized carbons (Fsp3) is 0.571. The van der Waals surface area contributed by atoms with Crippen molar-refractivity contribution >= 4 is 11.6 Å². The Morgan fingerprint density at radius 3 is 2.53 bits per heavy atom. The lowest BCUT2D eigenvalue weighted by atomic mass is 9.69. The zero-order valence-corrected chi connectivity index (χ0v) is 11.1. The van der Waals surface area contributed by atoms with Gasteiger partial charge >= 0.3 is 0 Å². The molecule has 2 rings (SSSR count). The Balaban J connectivity index is 2.53. The van der Waals surface area contributed by atoms with Crippen molar-refractivity contribution in [3.05, 3.63) is 28.3 Å². The molecule has 94 valence electrons. The molecule has 0 bridgehead atoms. The Morgan fingerprint density at radius 1 is 1.29 bits per heavy atom. The van der Waals surface area contributed by atoms with Crippen LogP contribution in [0.5, 0.6) is 5.75 Å². The summed E-state index contributed by atoms with van der Waals surface area (Å²) in [6, 6.07) is 3.73. The summed E-state index contributed by atoms with van der Waals surface area (Å²) < 4.78 is 0. The SMILES string of the molecule is Cc1ccc(Cl)c(C2(CN)CCCCC2)c1O. The molecule has 0 heterocycles. The average molecular weight is 254 g/mol. The molecular formula is C14H20ClNO. The summed E-state index contributed by atoms with van der Waals surface area (Å²) in [4.78, 5) is 0. The number of phenolic OH excluding ortho intramolecular Hbond substituents is 1. The van der Waals surface area contributed by atoms with Gasteiger partial charge in [-0.25, -0.2) is 0 Å². The van der Waals surface area contributed by atoms with Gasteiger partial charge in [-0.05, 0) is 31.4 Å². The van der Waals surface area contributed by atoms with Crippen LogP contribution in [-0.4, -0.2) is 11.7 Å². The predicted octanol–water partition coefficient (Wildman–Crippen LogP) is 3.51. The van der Waals surface area contributed by atoms with Gasteiger partial charge in [0, 0.05) is 22.5 Å². The highest BCUT2D eigenvalue weighted by Gasteiger charge is 2.36. The molecule has 0 aliphatic heterocycles. The first kappa shape index (κ1) is 12.7. The van der Waals surface area contributed by atoms with E-state index < -0.39 is 0 Å². The number of benzene rings is 1. The lowest BCUT2D eigenvalue weighted by Gasteiger charge is -2.38. The van der Waals surface area contributed by atoms with Gasteiger partial charge in [-0.1, -0.05) is 36.9 Å². The molecule has 0 radical (unpaired) electrons. The molecule has 1 fully saturated rings. The van der Waals surface area contributed by atoms with Crippen LogP contribution >= 0.6 is 11.6 Å². The van der Waals surface area contributed by atoms with Crippen molar-refractivity contribution in [2.45, 2.75) is 44.4 Å². The number of aryl methyl sites for hydroxylation is 1. The van der Waals surface area contributed by atoms with Crippen LogP contribution in [0.1, 0.15) is 43.2 Å². The molecule has 3 heteroatoms. The summed E-state index contributed by atoms with van der Waals surface area (Å²) in [5.41, 5.74) is 7.62. The van der Waals surface area contributed by atoms with Gasteiger partial charge in [0.1, 0.15) is 5.75 Å². The third-order valence-electron chi connectivity index (χ3n) is 4.06. The molecule has 0 spiro atoms. The highest BCUT2D eigenvalue weighted by Crippen LogP contribution is 2.46. The van der Waals surface area contributed by atoms with Crippen molar-refractivity contribution in [2.24, 2.45) is 5.73 Å². The Labute approximate surface area is 108 Å². The number of hydrogen-bond acceptors (Lipinski definition) is 2. The second-order valence-corrected chi connectivity index (χ2v) is 5.54. The highest BCUT2D eigenvalue weighted by molar-refractivity contribution is 6.31. The summed E-state index contributed by atoms with van der Waals surface area (Å²) >= 11 is 6.29. The van der Waals surface area contributed by atoms with E-state index in [2.05, 4.69) is 0 Å². The Morgan fingerprint density at radius 2 is 1.94 bits per heavy atom. The summed E-state index contributed by atoms with van der Waals surface area (Å²) in [6.07, 6.45) is 5.65. The van der Waals surface area contributed by atoms with E-state index in [9.17, 15) is 5.11 Å². The molecule has 3 N–H and O–H groups in total. The minimum absolute atomic E-state index is 0.120. The number of aromatic hydroxyl groups is 1. The molecule has 17 heavy (non-hydrogen) atoms. The van der Waals surface area contributed by atoms with Crippen molar-refractivity contribution in [2.75, 3.05) is 6.54 Å². The first-order chi connectivity index (χ1) is 8.10. The van der Waals surface area contributed by atoms with Crippen LogP contribution < -0.4 is 5.73 Å². The van der Waals surface area contributed by atoms with Crippen LogP contribution in [0.2, 0.25) is 5.02 Å². The zero-order chi connectivity index (χ0) is 12.5. The molecule has 1 aliphatic rings. The fourth-order valence-corrected chi connectivity index (χ4v) is 3.31. The van der Waals surface area contributed by atoms with E-state index in [4.69, 9.17) is 17.3 Å². The van der Waals surface area contributed by atoms with E-state index in [-0.39, 0.29) is 5.41 Å². The summed E-state index contributed by atoms with van der Waals surface area (Å²) in [6.45, 7) is 2.46. The molecule has 1 aromatic carbocycles. The van der Waals surface area contributed by atoms with E-state index in [1.807, 2.05) is 19.1 Å². The van der Waals surface area contributed by atoms with Crippen LogP contribution in [0.4, 0.5) is 0 Å². The number of nitrogens with two attached hydrogens (primary N) is 1. The van der Waals surface area contributed by atoms with E-state index in [0.29, 0.717) is 17.3 Å². The maximum absolute atomic E-state index is 10.3. The highest BCUT2D eigenvalue weighted by atomic mass is 35.5. The van der Waals surface area contributed by atoms with Crippen molar-refractivity contribution in [3.8, 4) is 5.75 Å². The van der Waals surface area contributed by atoms with E-state index >= 15 is 0 Å². The predicted molar refractivity (Wildman–Crippen MR) is 71.7 cm³/mol. The first-order valence-electron chi connectivity index (χ1n) is 6.29. The number of phenols is 1. The normalized spacial score (nSPS) is 19.2. The third-order valence-corrected chi connectivity index (χ3v) is 4.38. The molecule has 2 nitrogen and oxygen atoms in total. The smallest absolute Gasteiger partial charge is 0.123 e. The largest absolute Gasteiger partial charge is 0.507 e. The molecule has 0 saturated heterocycles. The molecular weight excluding hydrogens is 234 g/mol. The van der Waals surface area contributed by atoms with E-state index in [1.165, 1.54) is 19.3 Å². The van der Waals surface area contributed by atoms with Gasteiger partial charge in [-0.15, -0.1) is 0 Å². The lowest BCUT2D eigenvalue weighted by molar-refractivity contribution is 0.290. The summed E-state index contributed by atoms with van der Waals surface area (Å²) in [5.74, 6) is 0.338. The number of halogens is 1. The van der Waals surface area contributed by atoms with Crippen LogP contribution in [0.25, 0.3) is 0 Å². The first-order valence-corrected chi connectivity index (χ1v) is 6.67. The number of hydrogen-bond donors (Lipinski definition) is 2. The lowest BCUT2D eigenvalue weighted by Crippen LogP contribution is -2.37. The molecule has 0 amide bonds. The average Bonchev–Trinajstić information content (AvgIpc) is 2.35. The fourth-order valence-electron chi connectivity index (χ4n) is 2.96. The molecule has 0 atom stereocenters. The van der Waals surface area contributed by atoms with Gasteiger partial charge in [-0.2, -0.15) is 0 Å². The topological polar surface area (TPSA) is 46.2 Å². The van der Waals surface area contributed by atoms with Crippen molar-refractivity contribution in [1.82, 2.24) is 0 Å².